The number of fused-ring (bicyclic) bond motifs is 2. The molecule has 0 amide bonds. The van der Waals surface area contributed by atoms with Crippen molar-refractivity contribution in [2.75, 3.05) is 26.2 Å². The average molecular weight is 362 g/mol. The van der Waals surface area contributed by atoms with Crippen LogP contribution in [0.5, 0.6) is 5.88 Å². The molecule has 1 saturated heterocycles. The molecule has 26 heavy (non-hydrogen) atoms. The SMILES string of the molecule is FC(F)(F)c1nc(OCCN2CCCC2)c2cc3ccccc3nc2n1. The van der Waals surface area contributed by atoms with Crippen LogP contribution in [0.15, 0.2) is 30.3 Å². The van der Waals surface area contributed by atoms with Gasteiger partial charge in [0.15, 0.2) is 5.65 Å². The fraction of sp³-hybridized carbons (Fsp3) is 0.389. The van der Waals surface area contributed by atoms with Crippen LogP contribution in [0.3, 0.4) is 0 Å². The Hall–Kier alpha value is -2.48. The third-order valence-electron chi connectivity index (χ3n) is 4.45. The monoisotopic (exact) mass is 362 g/mol. The second-order valence-electron chi connectivity index (χ2n) is 6.30. The molecule has 136 valence electrons. The van der Waals surface area contributed by atoms with Gasteiger partial charge < -0.3 is 4.74 Å². The Kier molecular flexibility index (Phi) is 4.36. The van der Waals surface area contributed by atoms with Gasteiger partial charge >= 0.3 is 6.18 Å². The van der Waals surface area contributed by atoms with Crippen LogP contribution in [-0.4, -0.2) is 46.1 Å². The number of hydrogen-bond donors (Lipinski definition) is 0. The Labute approximate surface area is 147 Å². The highest BCUT2D eigenvalue weighted by molar-refractivity contribution is 5.93. The Morgan fingerprint density at radius 1 is 1.04 bits per heavy atom. The van der Waals surface area contributed by atoms with Crippen LogP contribution >= 0.6 is 0 Å². The number of para-hydroxylation sites is 1. The van der Waals surface area contributed by atoms with E-state index in [1.54, 1.807) is 18.2 Å². The maximum absolute atomic E-state index is 13.2. The van der Waals surface area contributed by atoms with Crippen LogP contribution < -0.4 is 4.74 Å². The maximum atomic E-state index is 13.2. The molecule has 0 saturated carbocycles. The summed E-state index contributed by atoms with van der Waals surface area (Å²) in [6.45, 7) is 2.92. The Bertz CT molecular complexity index is 939. The lowest BCUT2D eigenvalue weighted by molar-refractivity contribution is -0.145. The molecule has 1 aliphatic rings. The standard InChI is InChI=1S/C18H17F3N4O/c19-18(20,21)17-23-15-13(11-12-5-1-2-6-14(12)22-15)16(24-17)26-10-9-25-7-3-4-8-25/h1-2,5-6,11H,3-4,7-10H2. The summed E-state index contributed by atoms with van der Waals surface area (Å²) in [6, 6.07) is 8.92. The molecule has 5 nitrogen and oxygen atoms in total. The van der Waals surface area contributed by atoms with Gasteiger partial charge in [0.2, 0.25) is 11.7 Å². The minimum absolute atomic E-state index is 0.0119. The number of halogens is 3. The van der Waals surface area contributed by atoms with E-state index in [1.807, 2.05) is 12.1 Å². The summed E-state index contributed by atoms with van der Waals surface area (Å²) in [5.41, 5.74) is 0.567. The third kappa shape index (κ3) is 3.41. The largest absolute Gasteiger partial charge is 0.476 e. The highest BCUT2D eigenvalue weighted by Crippen LogP contribution is 2.32. The lowest BCUT2D eigenvalue weighted by Crippen LogP contribution is -2.25. The van der Waals surface area contributed by atoms with Crippen molar-refractivity contribution in [1.29, 1.82) is 0 Å². The number of alkyl halides is 3. The fourth-order valence-electron chi connectivity index (χ4n) is 3.14. The molecule has 1 aromatic carbocycles. The predicted octanol–water partition coefficient (Wildman–Crippen LogP) is 3.67. The molecular formula is C18H17F3N4O. The number of rotatable bonds is 4. The smallest absolute Gasteiger partial charge is 0.451 e. The normalized spacial score (nSPS) is 15.8. The summed E-state index contributed by atoms with van der Waals surface area (Å²) < 4.78 is 45.1. The molecule has 0 unspecified atom stereocenters. The second kappa shape index (κ2) is 6.68. The van der Waals surface area contributed by atoms with Crippen LogP contribution in [0, 0.1) is 0 Å². The first-order valence-electron chi connectivity index (χ1n) is 8.50. The van der Waals surface area contributed by atoms with Crippen molar-refractivity contribution in [2.24, 2.45) is 0 Å². The van der Waals surface area contributed by atoms with Crippen LogP contribution in [0.2, 0.25) is 0 Å². The summed E-state index contributed by atoms with van der Waals surface area (Å²) in [5.74, 6) is -1.30. The summed E-state index contributed by atoms with van der Waals surface area (Å²) in [4.78, 5) is 13.7. The van der Waals surface area contributed by atoms with Crippen molar-refractivity contribution in [3.8, 4) is 5.88 Å². The van der Waals surface area contributed by atoms with E-state index in [9.17, 15) is 13.2 Å². The second-order valence-corrected chi connectivity index (χ2v) is 6.30. The van der Waals surface area contributed by atoms with Crippen LogP contribution in [0.1, 0.15) is 18.7 Å². The molecule has 0 aliphatic carbocycles. The Balaban J connectivity index is 1.72. The average Bonchev–Trinajstić information content (AvgIpc) is 3.12. The number of likely N-dealkylation sites (tertiary alicyclic amines) is 1. The first kappa shape index (κ1) is 17.0. The van der Waals surface area contributed by atoms with E-state index in [1.165, 1.54) is 0 Å². The number of pyridine rings is 1. The number of ether oxygens (including phenoxy) is 1. The topological polar surface area (TPSA) is 51.1 Å². The van der Waals surface area contributed by atoms with Crippen molar-refractivity contribution in [3.63, 3.8) is 0 Å². The van der Waals surface area contributed by atoms with E-state index in [4.69, 9.17) is 4.74 Å². The zero-order valence-electron chi connectivity index (χ0n) is 14.0. The molecule has 0 bridgehead atoms. The Morgan fingerprint density at radius 2 is 1.81 bits per heavy atom. The van der Waals surface area contributed by atoms with Gasteiger partial charge in [0.05, 0.1) is 10.9 Å². The molecule has 1 aliphatic heterocycles. The van der Waals surface area contributed by atoms with Gasteiger partial charge in [-0.3, -0.25) is 4.90 Å². The first-order chi connectivity index (χ1) is 12.5. The van der Waals surface area contributed by atoms with Gasteiger partial charge in [0, 0.05) is 11.9 Å². The molecule has 8 heteroatoms. The molecule has 3 heterocycles. The molecule has 0 N–H and O–H groups in total. The van der Waals surface area contributed by atoms with E-state index in [0.717, 1.165) is 31.3 Å². The number of hydrogen-bond acceptors (Lipinski definition) is 5. The summed E-state index contributed by atoms with van der Waals surface area (Å²) in [7, 11) is 0. The Morgan fingerprint density at radius 3 is 2.58 bits per heavy atom. The van der Waals surface area contributed by atoms with E-state index in [0.29, 0.717) is 17.4 Å². The molecule has 0 atom stereocenters. The summed E-state index contributed by atoms with van der Waals surface area (Å²) in [5, 5.41) is 1.19. The highest BCUT2D eigenvalue weighted by Gasteiger charge is 2.36. The lowest BCUT2D eigenvalue weighted by Gasteiger charge is -2.16. The molecule has 1 fully saturated rings. The summed E-state index contributed by atoms with van der Waals surface area (Å²) >= 11 is 0. The van der Waals surface area contributed by atoms with Crippen LogP contribution in [-0.2, 0) is 6.18 Å². The summed E-state index contributed by atoms with van der Waals surface area (Å²) in [6.07, 6.45) is -2.37. The van der Waals surface area contributed by atoms with Gasteiger partial charge in [-0.25, -0.2) is 9.97 Å². The van der Waals surface area contributed by atoms with Crippen LogP contribution in [0.4, 0.5) is 13.2 Å². The third-order valence-corrected chi connectivity index (χ3v) is 4.45. The van der Waals surface area contributed by atoms with Gasteiger partial charge in [-0.2, -0.15) is 18.2 Å². The number of nitrogens with zero attached hydrogens (tertiary/aromatic N) is 4. The highest BCUT2D eigenvalue weighted by atomic mass is 19.4. The van der Waals surface area contributed by atoms with Gasteiger partial charge in [-0.1, -0.05) is 18.2 Å². The maximum Gasteiger partial charge on any atom is 0.451 e. The van der Waals surface area contributed by atoms with E-state index < -0.39 is 12.0 Å². The zero-order chi connectivity index (χ0) is 18.1. The number of benzene rings is 1. The predicted molar refractivity (Wildman–Crippen MR) is 91.0 cm³/mol. The van der Waals surface area contributed by atoms with Crippen LogP contribution in [0.25, 0.3) is 21.9 Å². The van der Waals surface area contributed by atoms with Gasteiger partial charge in [0.25, 0.3) is 0 Å². The van der Waals surface area contributed by atoms with E-state index >= 15 is 0 Å². The molecule has 0 spiro atoms. The molecule has 0 radical (unpaired) electrons. The first-order valence-corrected chi connectivity index (χ1v) is 8.50. The van der Waals surface area contributed by atoms with E-state index in [-0.39, 0.29) is 18.1 Å². The quantitative estimate of drug-likeness (QED) is 0.663. The molecular weight excluding hydrogens is 345 g/mol. The molecule has 2 aromatic heterocycles. The van der Waals surface area contributed by atoms with Crippen molar-refractivity contribution in [1.82, 2.24) is 19.9 Å². The van der Waals surface area contributed by atoms with Crippen molar-refractivity contribution in [2.45, 2.75) is 19.0 Å². The van der Waals surface area contributed by atoms with Gasteiger partial charge in [-0.15, -0.1) is 0 Å². The fourth-order valence-corrected chi connectivity index (χ4v) is 3.14. The van der Waals surface area contributed by atoms with Crippen molar-refractivity contribution in [3.05, 3.63) is 36.2 Å². The number of aromatic nitrogens is 3. The van der Waals surface area contributed by atoms with Crippen molar-refractivity contribution >= 4 is 21.9 Å². The molecule has 3 aromatic rings. The minimum Gasteiger partial charge on any atom is -0.476 e. The minimum atomic E-state index is -4.66. The van der Waals surface area contributed by atoms with Gasteiger partial charge in [0.1, 0.15) is 6.61 Å². The van der Waals surface area contributed by atoms with E-state index in [2.05, 4.69) is 19.9 Å². The molecule has 4 rings (SSSR count). The zero-order valence-corrected chi connectivity index (χ0v) is 14.0. The van der Waals surface area contributed by atoms with Crippen molar-refractivity contribution < 1.29 is 17.9 Å². The van der Waals surface area contributed by atoms with Gasteiger partial charge in [-0.05, 0) is 38.1 Å². The lowest BCUT2D eigenvalue weighted by atomic mass is 10.2.